The molecule has 6 heteroatoms. The van der Waals surface area contributed by atoms with Gasteiger partial charge in [-0.1, -0.05) is 13.8 Å². The molecule has 21 heavy (non-hydrogen) atoms. The van der Waals surface area contributed by atoms with E-state index in [2.05, 4.69) is 10.2 Å². The average molecular weight is 299 g/mol. The Bertz CT molecular complexity index is 326. The topological polar surface area (TPSA) is 61.9 Å². The summed E-state index contributed by atoms with van der Waals surface area (Å²) >= 11 is 0. The zero-order valence-corrected chi connectivity index (χ0v) is 13.6. The predicted octanol–water partition coefficient (Wildman–Crippen LogP) is 0.329. The number of hydrogen-bond acceptors (Lipinski definition) is 5. The first-order valence-electron chi connectivity index (χ1n) is 7.89. The molecule has 1 heterocycles. The van der Waals surface area contributed by atoms with Crippen LogP contribution in [0.4, 0.5) is 0 Å². The van der Waals surface area contributed by atoms with Gasteiger partial charge in [-0.05, 0) is 32.4 Å². The molecule has 1 aliphatic rings. The van der Waals surface area contributed by atoms with E-state index in [4.69, 9.17) is 4.74 Å². The Morgan fingerprint density at radius 2 is 2.05 bits per heavy atom. The number of nitrogens with one attached hydrogen (secondary N) is 1. The van der Waals surface area contributed by atoms with Crippen LogP contribution in [-0.4, -0.2) is 74.1 Å². The number of carbonyl (C=O) groups excluding carboxylic acids is 2. The summed E-state index contributed by atoms with van der Waals surface area (Å²) in [6, 6.07) is 0. The molecule has 0 aromatic heterocycles. The molecular weight excluding hydrogens is 270 g/mol. The van der Waals surface area contributed by atoms with E-state index in [0.717, 1.165) is 32.6 Å². The first-order chi connectivity index (χ1) is 10.0. The summed E-state index contributed by atoms with van der Waals surface area (Å²) in [5, 5.41) is 3.32. The zero-order valence-electron chi connectivity index (χ0n) is 13.6. The number of rotatable bonds is 7. The van der Waals surface area contributed by atoms with Gasteiger partial charge >= 0.3 is 5.97 Å². The van der Waals surface area contributed by atoms with Crippen molar-refractivity contribution in [2.24, 2.45) is 5.92 Å². The van der Waals surface area contributed by atoms with Gasteiger partial charge in [0, 0.05) is 19.6 Å². The molecule has 122 valence electrons. The van der Waals surface area contributed by atoms with E-state index in [0.29, 0.717) is 25.6 Å². The van der Waals surface area contributed by atoms with Crippen LogP contribution in [0.5, 0.6) is 0 Å². The third kappa shape index (κ3) is 7.43. The lowest BCUT2D eigenvalue weighted by atomic mass is 10.2. The lowest BCUT2D eigenvalue weighted by Gasteiger charge is -2.27. The highest BCUT2D eigenvalue weighted by Gasteiger charge is 2.21. The second kappa shape index (κ2) is 9.73. The van der Waals surface area contributed by atoms with Gasteiger partial charge in [-0.3, -0.25) is 14.5 Å². The third-order valence-electron chi connectivity index (χ3n) is 3.36. The predicted molar refractivity (Wildman–Crippen MR) is 82.0 cm³/mol. The lowest BCUT2D eigenvalue weighted by molar-refractivity contribution is -0.149. The Morgan fingerprint density at radius 3 is 2.71 bits per heavy atom. The van der Waals surface area contributed by atoms with E-state index >= 15 is 0 Å². The lowest BCUT2D eigenvalue weighted by Crippen LogP contribution is -2.45. The summed E-state index contributed by atoms with van der Waals surface area (Å²) in [5.41, 5.74) is 0. The summed E-state index contributed by atoms with van der Waals surface area (Å²) < 4.78 is 4.96. The Kier molecular flexibility index (Phi) is 8.30. The molecule has 0 aliphatic carbocycles. The minimum atomic E-state index is -0.330. The van der Waals surface area contributed by atoms with E-state index in [1.807, 2.05) is 13.8 Å². The third-order valence-corrected chi connectivity index (χ3v) is 3.36. The van der Waals surface area contributed by atoms with Crippen LogP contribution < -0.4 is 5.32 Å². The fraction of sp³-hybridized carbons (Fsp3) is 0.867. The van der Waals surface area contributed by atoms with Crippen molar-refractivity contribution in [3.63, 3.8) is 0 Å². The van der Waals surface area contributed by atoms with Crippen LogP contribution in [0.2, 0.25) is 0 Å². The molecule has 0 atom stereocenters. The molecule has 1 saturated heterocycles. The van der Waals surface area contributed by atoms with Gasteiger partial charge in [0.25, 0.3) is 0 Å². The molecule has 0 spiro atoms. The van der Waals surface area contributed by atoms with E-state index in [9.17, 15) is 9.59 Å². The van der Waals surface area contributed by atoms with Crippen molar-refractivity contribution in [1.29, 1.82) is 0 Å². The Balaban J connectivity index is 2.54. The van der Waals surface area contributed by atoms with Gasteiger partial charge in [0.05, 0.1) is 13.2 Å². The number of nitrogens with zero attached hydrogens (tertiary/aromatic N) is 2. The van der Waals surface area contributed by atoms with Gasteiger partial charge in [-0.2, -0.15) is 0 Å². The van der Waals surface area contributed by atoms with E-state index in [1.54, 1.807) is 11.8 Å². The monoisotopic (exact) mass is 299 g/mol. The molecule has 1 aliphatic heterocycles. The van der Waals surface area contributed by atoms with Crippen LogP contribution in [0.3, 0.4) is 0 Å². The second-order valence-electron chi connectivity index (χ2n) is 5.85. The number of carbonyl (C=O) groups is 2. The van der Waals surface area contributed by atoms with Gasteiger partial charge in [0.15, 0.2) is 0 Å². The molecule has 0 aromatic carbocycles. The number of esters is 1. The molecule has 0 saturated carbocycles. The smallest absolute Gasteiger partial charge is 0.325 e. The van der Waals surface area contributed by atoms with E-state index in [-0.39, 0.29) is 18.4 Å². The SMILES string of the molecule is CCOC(=O)CN(CC(C)C)C(=O)CN1CCCNCC1. The average Bonchev–Trinajstić information content (AvgIpc) is 2.66. The largest absolute Gasteiger partial charge is 0.465 e. The van der Waals surface area contributed by atoms with Crippen LogP contribution in [-0.2, 0) is 14.3 Å². The molecule has 0 radical (unpaired) electrons. The summed E-state index contributed by atoms with van der Waals surface area (Å²) in [6.45, 7) is 10.9. The normalized spacial score (nSPS) is 16.6. The Hall–Kier alpha value is -1.14. The van der Waals surface area contributed by atoms with Crippen molar-refractivity contribution < 1.29 is 14.3 Å². The van der Waals surface area contributed by atoms with Crippen LogP contribution in [0.15, 0.2) is 0 Å². The molecule has 0 unspecified atom stereocenters. The van der Waals surface area contributed by atoms with Gasteiger partial charge in [0.2, 0.25) is 5.91 Å². The summed E-state index contributed by atoms with van der Waals surface area (Å²) in [7, 11) is 0. The molecule has 6 nitrogen and oxygen atoms in total. The first-order valence-corrected chi connectivity index (χ1v) is 7.89. The fourth-order valence-electron chi connectivity index (χ4n) is 2.41. The van der Waals surface area contributed by atoms with Crippen LogP contribution in [0.25, 0.3) is 0 Å². The van der Waals surface area contributed by atoms with Crippen molar-refractivity contribution in [1.82, 2.24) is 15.1 Å². The molecule has 1 N–H and O–H groups in total. The molecular formula is C15H29N3O3. The maximum absolute atomic E-state index is 12.5. The summed E-state index contributed by atoms with van der Waals surface area (Å²) in [5.74, 6) is 0.0110. The number of hydrogen-bond donors (Lipinski definition) is 1. The first kappa shape index (κ1) is 17.9. The molecule has 1 fully saturated rings. The van der Waals surface area contributed by atoms with Crippen molar-refractivity contribution in [2.45, 2.75) is 27.2 Å². The summed E-state index contributed by atoms with van der Waals surface area (Å²) in [4.78, 5) is 27.9. The van der Waals surface area contributed by atoms with E-state index < -0.39 is 0 Å². The molecule has 0 bridgehead atoms. The Morgan fingerprint density at radius 1 is 1.29 bits per heavy atom. The second-order valence-corrected chi connectivity index (χ2v) is 5.85. The summed E-state index contributed by atoms with van der Waals surface area (Å²) in [6.07, 6.45) is 1.05. The number of ether oxygens (including phenoxy) is 1. The molecule has 1 amide bonds. The van der Waals surface area contributed by atoms with Gasteiger partial charge in [-0.15, -0.1) is 0 Å². The zero-order chi connectivity index (χ0) is 15.7. The fourth-order valence-corrected chi connectivity index (χ4v) is 2.41. The maximum atomic E-state index is 12.5. The highest BCUT2D eigenvalue weighted by atomic mass is 16.5. The highest BCUT2D eigenvalue weighted by molar-refractivity contribution is 5.83. The van der Waals surface area contributed by atoms with Crippen LogP contribution >= 0.6 is 0 Å². The minimum absolute atomic E-state index is 0.0126. The number of amides is 1. The van der Waals surface area contributed by atoms with Crippen molar-refractivity contribution in [2.75, 3.05) is 52.4 Å². The van der Waals surface area contributed by atoms with Gasteiger partial charge in [-0.25, -0.2) is 0 Å². The van der Waals surface area contributed by atoms with Gasteiger partial charge < -0.3 is 15.0 Å². The van der Waals surface area contributed by atoms with Crippen LogP contribution in [0, 0.1) is 5.92 Å². The van der Waals surface area contributed by atoms with Crippen molar-refractivity contribution >= 4 is 11.9 Å². The molecule has 0 aromatic rings. The van der Waals surface area contributed by atoms with Crippen molar-refractivity contribution in [3.8, 4) is 0 Å². The van der Waals surface area contributed by atoms with Crippen molar-refractivity contribution in [3.05, 3.63) is 0 Å². The Labute approximate surface area is 127 Å². The quantitative estimate of drug-likeness (QED) is 0.687. The van der Waals surface area contributed by atoms with Gasteiger partial charge in [0.1, 0.15) is 6.54 Å². The molecule has 1 rings (SSSR count). The van der Waals surface area contributed by atoms with Crippen LogP contribution in [0.1, 0.15) is 27.2 Å². The maximum Gasteiger partial charge on any atom is 0.325 e. The minimum Gasteiger partial charge on any atom is -0.465 e. The standard InChI is InChI=1S/C15H29N3O3/c1-4-21-15(20)12-18(10-13(2)3)14(19)11-17-8-5-6-16-7-9-17/h13,16H,4-12H2,1-3H3. The van der Waals surface area contributed by atoms with E-state index in [1.165, 1.54) is 0 Å². The highest BCUT2D eigenvalue weighted by Crippen LogP contribution is 2.03.